The number of hydrogen-bond acceptors (Lipinski definition) is 5. The summed E-state index contributed by atoms with van der Waals surface area (Å²) in [6, 6.07) is 1.87. The third kappa shape index (κ3) is 3.57. The standard InChI is InChI=1S/C9H16N4O/c1-3-10-8-6-9(13-7-12-8)11-4-5-14-2/h6-7H,3-5H2,1-2H3,(H2,10,11,12,13). The number of anilines is 2. The molecule has 1 aromatic heterocycles. The molecular formula is C9H16N4O. The Balaban J connectivity index is 2.46. The van der Waals surface area contributed by atoms with Crippen molar-refractivity contribution in [2.45, 2.75) is 6.92 Å². The molecule has 5 nitrogen and oxygen atoms in total. The highest BCUT2D eigenvalue weighted by Gasteiger charge is 1.95. The van der Waals surface area contributed by atoms with Crippen LogP contribution in [0.4, 0.5) is 11.6 Å². The summed E-state index contributed by atoms with van der Waals surface area (Å²) in [5, 5.41) is 6.24. The molecule has 0 unspecified atom stereocenters. The van der Waals surface area contributed by atoms with Gasteiger partial charge in [0.1, 0.15) is 18.0 Å². The first-order valence-electron chi connectivity index (χ1n) is 4.65. The van der Waals surface area contributed by atoms with Gasteiger partial charge in [0.15, 0.2) is 0 Å². The fourth-order valence-electron chi connectivity index (χ4n) is 1.01. The van der Waals surface area contributed by atoms with E-state index < -0.39 is 0 Å². The van der Waals surface area contributed by atoms with Crippen LogP contribution < -0.4 is 10.6 Å². The molecule has 1 aromatic rings. The minimum absolute atomic E-state index is 0.667. The van der Waals surface area contributed by atoms with Crippen LogP contribution in [0, 0.1) is 0 Å². The molecular weight excluding hydrogens is 180 g/mol. The van der Waals surface area contributed by atoms with Crippen LogP contribution in [0.1, 0.15) is 6.92 Å². The third-order valence-corrected chi connectivity index (χ3v) is 1.64. The molecule has 0 saturated heterocycles. The van der Waals surface area contributed by atoms with E-state index in [9.17, 15) is 0 Å². The molecule has 0 radical (unpaired) electrons. The van der Waals surface area contributed by atoms with Crippen molar-refractivity contribution < 1.29 is 4.74 Å². The Bertz CT molecular complexity index is 267. The monoisotopic (exact) mass is 196 g/mol. The zero-order valence-electron chi connectivity index (χ0n) is 8.58. The van der Waals surface area contributed by atoms with E-state index in [1.54, 1.807) is 7.11 Å². The highest BCUT2D eigenvalue weighted by molar-refractivity contribution is 5.46. The second kappa shape index (κ2) is 6.15. The van der Waals surface area contributed by atoms with Gasteiger partial charge in [0.05, 0.1) is 6.61 Å². The Labute approximate surface area is 83.9 Å². The zero-order valence-corrected chi connectivity index (χ0v) is 8.58. The minimum atomic E-state index is 0.667. The number of rotatable bonds is 6. The molecule has 78 valence electrons. The first-order chi connectivity index (χ1) is 6.86. The van der Waals surface area contributed by atoms with Crippen LogP contribution in [0.2, 0.25) is 0 Å². The Kier molecular flexibility index (Phi) is 4.71. The van der Waals surface area contributed by atoms with Crippen molar-refractivity contribution >= 4 is 11.6 Å². The smallest absolute Gasteiger partial charge is 0.131 e. The van der Waals surface area contributed by atoms with Crippen molar-refractivity contribution in [3.63, 3.8) is 0 Å². The Morgan fingerprint density at radius 1 is 1.29 bits per heavy atom. The van der Waals surface area contributed by atoms with Gasteiger partial charge in [0.25, 0.3) is 0 Å². The first-order valence-corrected chi connectivity index (χ1v) is 4.65. The summed E-state index contributed by atoms with van der Waals surface area (Å²) in [4.78, 5) is 8.14. The molecule has 0 spiro atoms. The van der Waals surface area contributed by atoms with Gasteiger partial charge in [0, 0.05) is 26.3 Å². The number of hydrogen-bond donors (Lipinski definition) is 2. The van der Waals surface area contributed by atoms with Gasteiger partial charge in [-0.05, 0) is 6.92 Å². The molecule has 5 heteroatoms. The number of aromatic nitrogens is 2. The summed E-state index contributed by atoms with van der Waals surface area (Å²) in [6.07, 6.45) is 1.53. The fraction of sp³-hybridized carbons (Fsp3) is 0.556. The Hall–Kier alpha value is -1.36. The van der Waals surface area contributed by atoms with E-state index in [-0.39, 0.29) is 0 Å². The van der Waals surface area contributed by atoms with E-state index in [2.05, 4.69) is 20.6 Å². The molecule has 0 fully saturated rings. The van der Waals surface area contributed by atoms with E-state index in [1.807, 2.05) is 13.0 Å². The molecule has 0 amide bonds. The summed E-state index contributed by atoms with van der Waals surface area (Å²) in [6.45, 7) is 4.30. The van der Waals surface area contributed by atoms with Gasteiger partial charge in [0.2, 0.25) is 0 Å². The van der Waals surface area contributed by atoms with Gasteiger partial charge in [-0.3, -0.25) is 0 Å². The van der Waals surface area contributed by atoms with Crippen molar-refractivity contribution in [1.82, 2.24) is 9.97 Å². The lowest BCUT2D eigenvalue weighted by Crippen LogP contribution is -2.09. The topological polar surface area (TPSA) is 59.1 Å². The number of methoxy groups -OCH3 is 1. The number of ether oxygens (including phenoxy) is 1. The molecule has 0 atom stereocenters. The van der Waals surface area contributed by atoms with Gasteiger partial charge < -0.3 is 15.4 Å². The maximum atomic E-state index is 4.92. The van der Waals surface area contributed by atoms with Crippen molar-refractivity contribution in [3.8, 4) is 0 Å². The minimum Gasteiger partial charge on any atom is -0.383 e. The van der Waals surface area contributed by atoms with Crippen molar-refractivity contribution in [1.29, 1.82) is 0 Å². The largest absolute Gasteiger partial charge is 0.383 e. The summed E-state index contributed by atoms with van der Waals surface area (Å²) in [5.41, 5.74) is 0. The molecule has 0 aliphatic carbocycles. The lowest BCUT2D eigenvalue weighted by molar-refractivity contribution is 0.210. The maximum Gasteiger partial charge on any atom is 0.131 e. The zero-order chi connectivity index (χ0) is 10.2. The molecule has 0 aliphatic heterocycles. The molecule has 1 rings (SSSR count). The second-order valence-electron chi connectivity index (χ2n) is 2.74. The average Bonchev–Trinajstić information content (AvgIpc) is 2.19. The predicted octanol–water partition coefficient (Wildman–Crippen LogP) is 0.967. The molecule has 0 aromatic carbocycles. The fourth-order valence-corrected chi connectivity index (χ4v) is 1.01. The molecule has 1 heterocycles. The van der Waals surface area contributed by atoms with E-state index >= 15 is 0 Å². The first kappa shape index (κ1) is 10.7. The summed E-state index contributed by atoms with van der Waals surface area (Å²) in [5.74, 6) is 1.65. The van der Waals surface area contributed by atoms with Gasteiger partial charge in [-0.2, -0.15) is 0 Å². The van der Waals surface area contributed by atoms with Crippen LogP contribution in [-0.4, -0.2) is 36.8 Å². The van der Waals surface area contributed by atoms with Gasteiger partial charge in [-0.25, -0.2) is 9.97 Å². The second-order valence-corrected chi connectivity index (χ2v) is 2.74. The molecule has 0 aliphatic rings. The maximum absolute atomic E-state index is 4.92. The van der Waals surface area contributed by atoms with Gasteiger partial charge >= 0.3 is 0 Å². The molecule has 14 heavy (non-hydrogen) atoms. The summed E-state index contributed by atoms with van der Waals surface area (Å²) in [7, 11) is 1.67. The van der Waals surface area contributed by atoms with Crippen LogP contribution >= 0.6 is 0 Å². The lowest BCUT2D eigenvalue weighted by atomic mass is 10.5. The van der Waals surface area contributed by atoms with E-state index in [1.165, 1.54) is 6.33 Å². The highest BCUT2D eigenvalue weighted by atomic mass is 16.5. The predicted molar refractivity (Wildman–Crippen MR) is 56.6 cm³/mol. The van der Waals surface area contributed by atoms with E-state index in [0.29, 0.717) is 6.61 Å². The van der Waals surface area contributed by atoms with Gasteiger partial charge in [-0.15, -0.1) is 0 Å². The third-order valence-electron chi connectivity index (χ3n) is 1.64. The lowest BCUT2D eigenvalue weighted by Gasteiger charge is -2.06. The van der Waals surface area contributed by atoms with Crippen LogP contribution in [0.5, 0.6) is 0 Å². The SMILES string of the molecule is CCNc1cc(NCCOC)ncn1. The van der Waals surface area contributed by atoms with Crippen LogP contribution in [-0.2, 0) is 4.74 Å². The van der Waals surface area contributed by atoms with Crippen molar-refractivity contribution in [2.24, 2.45) is 0 Å². The normalized spacial score (nSPS) is 9.86. The number of nitrogens with zero attached hydrogens (tertiary/aromatic N) is 2. The molecule has 0 bridgehead atoms. The van der Waals surface area contributed by atoms with Crippen LogP contribution in [0.3, 0.4) is 0 Å². The van der Waals surface area contributed by atoms with Crippen molar-refractivity contribution in [3.05, 3.63) is 12.4 Å². The Morgan fingerprint density at radius 3 is 2.64 bits per heavy atom. The van der Waals surface area contributed by atoms with Crippen LogP contribution in [0.15, 0.2) is 12.4 Å². The van der Waals surface area contributed by atoms with Gasteiger partial charge in [-0.1, -0.05) is 0 Å². The van der Waals surface area contributed by atoms with E-state index in [4.69, 9.17) is 4.74 Å². The van der Waals surface area contributed by atoms with Crippen LogP contribution in [0.25, 0.3) is 0 Å². The summed E-state index contributed by atoms with van der Waals surface area (Å²) < 4.78 is 4.92. The number of nitrogens with one attached hydrogen (secondary N) is 2. The molecule has 2 N–H and O–H groups in total. The highest BCUT2D eigenvalue weighted by Crippen LogP contribution is 2.07. The average molecular weight is 196 g/mol. The summed E-state index contributed by atoms with van der Waals surface area (Å²) >= 11 is 0. The quantitative estimate of drug-likeness (QED) is 0.664. The van der Waals surface area contributed by atoms with E-state index in [0.717, 1.165) is 24.7 Å². The molecule has 0 saturated carbocycles. The Morgan fingerprint density at radius 2 is 2.00 bits per heavy atom. The van der Waals surface area contributed by atoms with Crippen molar-refractivity contribution in [2.75, 3.05) is 37.4 Å².